The number of pyridine rings is 2. The number of nitrogens with one attached hydrogen (secondary N) is 1. The van der Waals surface area contributed by atoms with Gasteiger partial charge in [-0.2, -0.15) is 13.2 Å². The van der Waals surface area contributed by atoms with Crippen molar-refractivity contribution in [1.29, 1.82) is 0 Å². The van der Waals surface area contributed by atoms with Crippen LogP contribution in [0.3, 0.4) is 0 Å². The van der Waals surface area contributed by atoms with Crippen LogP contribution in [0.1, 0.15) is 24.1 Å². The Morgan fingerprint density at radius 2 is 2.07 bits per heavy atom. The number of ketones is 1. The molecule has 9 heteroatoms. The average Bonchev–Trinajstić information content (AvgIpc) is 3.11. The summed E-state index contributed by atoms with van der Waals surface area (Å²) in [6.07, 6.45) is -2.81. The summed E-state index contributed by atoms with van der Waals surface area (Å²) in [6.45, 7) is 7.68. The first-order valence-electron chi connectivity index (χ1n) is 8.60. The molecule has 0 amide bonds. The molecule has 1 aliphatic rings. The molecule has 1 saturated heterocycles. The van der Waals surface area contributed by atoms with Crippen LogP contribution >= 0.6 is 0 Å². The van der Waals surface area contributed by atoms with Crippen LogP contribution in [0.4, 0.5) is 23.2 Å². The third-order valence-electron chi connectivity index (χ3n) is 4.57. The molecule has 1 aliphatic heterocycles. The molecular formula is C19H16F4N4O. The van der Waals surface area contributed by atoms with Gasteiger partial charge < -0.3 is 5.32 Å². The quantitative estimate of drug-likeness (QED) is 0.619. The Hall–Kier alpha value is -2.86. The number of nitrogens with zero attached hydrogens (tertiary/aromatic N) is 3. The van der Waals surface area contributed by atoms with Crippen molar-refractivity contribution in [3.63, 3.8) is 0 Å². The van der Waals surface area contributed by atoms with E-state index in [4.69, 9.17) is 6.57 Å². The number of alkyl halides is 4. The SMILES string of the molecule is [C-]#[N+]c1cnc(-c2ccc(C(F)(F)F)nc2)cc1CCC(=O)[C@H]1NCC[C@@H]1F. The molecule has 0 aliphatic carbocycles. The maximum atomic E-state index is 13.7. The van der Waals surface area contributed by atoms with Gasteiger partial charge in [0.25, 0.3) is 0 Å². The molecule has 1 fully saturated rings. The van der Waals surface area contributed by atoms with Gasteiger partial charge in [-0.25, -0.2) is 9.24 Å². The molecule has 0 unspecified atom stereocenters. The fourth-order valence-corrected chi connectivity index (χ4v) is 3.06. The van der Waals surface area contributed by atoms with E-state index in [0.717, 1.165) is 12.3 Å². The van der Waals surface area contributed by atoms with Crippen LogP contribution in [-0.2, 0) is 17.4 Å². The second kappa shape index (κ2) is 8.02. The van der Waals surface area contributed by atoms with Crippen LogP contribution in [-0.4, -0.2) is 34.5 Å². The standard InChI is InChI=1S/C19H16F4N4O/c1-24-15-10-26-14(12-3-5-17(27-9-12)19(21,22)23)8-11(15)2-4-16(28)18-13(20)6-7-25-18/h3,5,8-10,13,18,25H,2,4,6-7H2/t13-,18-/m0/s1. The van der Waals surface area contributed by atoms with Gasteiger partial charge in [0, 0.05) is 24.4 Å². The van der Waals surface area contributed by atoms with Crippen LogP contribution in [0.25, 0.3) is 16.1 Å². The number of Topliss-reactive ketones (excluding diaryl/α,β-unsaturated/α-hetero) is 1. The van der Waals surface area contributed by atoms with Crippen LogP contribution in [0, 0.1) is 6.57 Å². The molecule has 2 atom stereocenters. The van der Waals surface area contributed by atoms with E-state index in [9.17, 15) is 22.4 Å². The van der Waals surface area contributed by atoms with Crippen LogP contribution in [0.2, 0.25) is 0 Å². The van der Waals surface area contributed by atoms with Crippen molar-refractivity contribution in [1.82, 2.24) is 15.3 Å². The fraction of sp³-hybridized carbons (Fsp3) is 0.368. The van der Waals surface area contributed by atoms with Gasteiger partial charge in [0.2, 0.25) is 5.69 Å². The highest BCUT2D eigenvalue weighted by Crippen LogP contribution is 2.30. The summed E-state index contributed by atoms with van der Waals surface area (Å²) in [5.74, 6) is -0.268. The van der Waals surface area contributed by atoms with Gasteiger partial charge in [-0.3, -0.25) is 14.8 Å². The van der Waals surface area contributed by atoms with E-state index in [1.165, 1.54) is 12.3 Å². The van der Waals surface area contributed by atoms with Gasteiger partial charge in [0.15, 0.2) is 5.78 Å². The smallest absolute Gasteiger partial charge is 0.305 e. The molecule has 1 N–H and O–H groups in total. The lowest BCUT2D eigenvalue weighted by atomic mass is 10.00. The van der Waals surface area contributed by atoms with Gasteiger partial charge in [-0.1, -0.05) is 0 Å². The van der Waals surface area contributed by atoms with E-state index in [1.807, 2.05) is 0 Å². The Labute approximate surface area is 158 Å². The van der Waals surface area contributed by atoms with E-state index in [-0.39, 0.29) is 24.3 Å². The number of rotatable bonds is 5. The molecule has 0 radical (unpaired) electrons. The number of hydrogen-bond donors (Lipinski definition) is 1. The third-order valence-corrected chi connectivity index (χ3v) is 4.57. The van der Waals surface area contributed by atoms with Crippen molar-refractivity contribution >= 4 is 11.5 Å². The molecule has 0 aromatic carbocycles. The summed E-state index contributed by atoms with van der Waals surface area (Å²) in [5.41, 5.74) is 0.468. The van der Waals surface area contributed by atoms with Crippen molar-refractivity contribution in [2.24, 2.45) is 0 Å². The summed E-state index contributed by atoms with van der Waals surface area (Å²) in [7, 11) is 0. The zero-order valence-corrected chi connectivity index (χ0v) is 14.6. The minimum absolute atomic E-state index is 0.0509. The molecule has 3 rings (SSSR count). The number of carbonyl (C=O) groups is 1. The first-order chi connectivity index (χ1) is 13.3. The lowest BCUT2D eigenvalue weighted by Gasteiger charge is -2.13. The molecule has 146 valence electrons. The fourth-order valence-electron chi connectivity index (χ4n) is 3.06. The van der Waals surface area contributed by atoms with Crippen LogP contribution in [0.15, 0.2) is 30.6 Å². The Kier molecular flexibility index (Phi) is 5.70. The number of halogens is 4. The van der Waals surface area contributed by atoms with Crippen molar-refractivity contribution < 1.29 is 22.4 Å². The summed E-state index contributed by atoms with van der Waals surface area (Å²) in [4.78, 5) is 23.1. The largest absolute Gasteiger partial charge is 0.433 e. The molecule has 3 heterocycles. The predicted molar refractivity (Wildman–Crippen MR) is 93.4 cm³/mol. The normalized spacial score (nSPS) is 19.4. The molecule has 2 aromatic rings. The van der Waals surface area contributed by atoms with Crippen LogP contribution in [0.5, 0.6) is 0 Å². The topological polar surface area (TPSA) is 59.2 Å². The van der Waals surface area contributed by atoms with Gasteiger partial charge >= 0.3 is 6.18 Å². The molecule has 0 bridgehead atoms. The molecule has 28 heavy (non-hydrogen) atoms. The minimum atomic E-state index is -4.53. The Morgan fingerprint density at radius 3 is 2.64 bits per heavy atom. The second-order valence-corrected chi connectivity index (χ2v) is 6.44. The van der Waals surface area contributed by atoms with Gasteiger partial charge in [0.05, 0.1) is 18.3 Å². The Morgan fingerprint density at radius 1 is 1.29 bits per heavy atom. The zero-order chi connectivity index (χ0) is 20.3. The van der Waals surface area contributed by atoms with E-state index < -0.39 is 24.1 Å². The second-order valence-electron chi connectivity index (χ2n) is 6.44. The molecule has 5 nitrogen and oxygen atoms in total. The van der Waals surface area contributed by atoms with Crippen molar-refractivity contribution in [3.05, 3.63) is 53.3 Å². The van der Waals surface area contributed by atoms with Gasteiger partial charge in [-0.15, -0.1) is 0 Å². The molecule has 2 aromatic heterocycles. The van der Waals surface area contributed by atoms with E-state index in [2.05, 4.69) is 20.1 Å². The first kappa shape index (κ1) is 19.9. The van der Waals surface area contributed by atoms with Crippen molar-refractivity contribution in [2.45, 2.75) is 37.7 Å². The maximum Gasteiger partial charge on any atom is 0.433 e. The number of aromatic nitrogens is 2. The highest BCUT2D eigenvalue weighted by molar-refractivity contribution is 5.85. The summed E-state index contributed by atoms with van der Waals surface area (Å²) in [6, 6.07) is 2.84. The molecule has 0 spiro atoms. The van der Waals surface area contributed by atoms with E-state index >= 15 is 0 Å². The monoisotopic (exact) mass is 392 g/mol. The lowest BCUT2D eigenvalue weighted by molar-refractivity contribution is -0.141. The first-order valence-corrected chi connectivity index (χ1v) is 8.60. The Bertz CT molecular complexity index is 906. The molecule has 0 saturated carbocycles. The molecular weight excluding hydrogens is 376 g/mol. The summed E-state index contributed by atoms with van der Waals surface area (Å²) < 4.78 is 51.6. The zero-order valence-electron chi connectivity index (χ0n) is 14.6. The minimum Gasteiger partial charge on any atom is -0.305 e. The highest BCUT2D eigenvalue weighted by Gasteiger charge is 2.33. The van der Waals surface area contributed by atoms with Gasteiger partial charge in [-0.05, 0) is 43.1 Å². The third kappa shape index (κ3) is 4.34. The number of aryl methyl sites for hydroxylation is 1. The number of hydrogen-bond acceptors (Lipinski definition) is 4. The number of carbonyl (C=O) groups excluding carboxylic acids is 1. The van der Waals surface area contributed by atoms with E-state index in [1.54, 1.807) is 6.07 Å². The summed E-state index contributed by atoms with van der Waals surface area (Å²) >= 11 is 0. The lowest BCUT2D eigenvalue weighted by Crippen LogP contribution is -2.36. The Balaban J connectivity index is 1.78. The van der Waals surface area contributed by atoms with E-state index in [0.29, 0.717) is 29.8 Å². The van der Waals surface area contributed by atoms with Gasteiger partial charge in [0.1, 0.15) is 11.9 Å². The average molecular weight is 392 g/mol. The maximum absolute atomic E-state index is 13.7. The van der Waals surface area contributed by atoms with Crippen LogP contribution < -0.4 is 5.32 Å². The summed E-state index contributed by atoms with van der Waals surface area (Å²) in [5, 5.41) is 2.83. The van der Waals surface area contributed by atoms with Crippen molar-refractivity contribution in [3.8, 4) is 11.3 Å². The van der Waals surface area contributed by atoms with Crippen molar-refractivity contribution in [2.75, 3.05) is 6.54 Å². The predicted octanol–water partition coefficient (Wildman–Crippen LogP) is 3.91. The highest BCUT2D eigenvalue weighted by atomic mass is 19.4.